The van der Waals surface area contributed by atoms with Crippen LogP contribution in [-0.4, -0.2) is 61.7 Å². The highest BCUT2D eigenvalue weighted by atomic mass is 16.2. The van der Waals surface area contributed by atoms with Gasteiger partial charge in [0.15, 0.2) is 5.82 Å². The van der Waals surface area contributed by atoms with Crippen LogP contribution in [0.25, 0.3) is 0 Å². The molecule has 1 atom stereocenters. The van der Waals surface area contributed by atoms with Gasteiger partial charge in [0.25, 0.3) is 0 Å². The molecule has 3 heterocycles. The molecule has 2 aliphatic heterocycles. The molecule has 1 aliphatic carbocycles. The fourth-order valence-electron chi connectivity index (χ4n) is 5.21. The van der Waals surface area contributed by atoms with Crippen molar-refractivity contribution in [2.75, 3.05) is 25.0 Å². The number of carbonyl (C=O) groups is 1. The van der Waals surface area contributed by atoms with Crippen LogP contribution in [0.4, 0.5) is 10.5 Å². The first kappa shape index (κ1) is 20.4. The summed E-state index contributed by atoms with van der Waals surface area (Å²) >= 11 is 0. The van der Waals surface area contributed by atoms with Gasteiger partial charge in [-0.2, -0.15) is 0 Å². The summed E-state index contributed by atoms with van der Waals surface area (Å²) in [6, 6.07) is 10.7. The quantitative estimate of drug-likeness (QED) is 0.793. The van der Waals surface area contributed by atoms with Gasteiger partial charge in [0.1, 0.15) is 0 Å². The largest absolute Gasteiger partial charge is 0.322 e. The molecule has 166 valence electrons. The number of urea groups is 1. The smallest absolute Gasteiger partial charge is 0.321 e. The summed E-state index contributed by atoms with van der Waals surface area (Å²) in [5, 5.41) is 15.5. The second-order valence-corrected chi connectivity index (χ2v) is 9.29. The number of nitrogens with one attached hydrogen (secondary N) is 1. The molecule has 3 fully saturated rings. The van der Waals surface area contributed by atoms with E-state index in [2.05, 4.69) is 30.6 Å². The van der Waals surface area contributed by atoms with Gasteiger partial charge in [-0.1, -0.05) is 31.0 Å². The molecular weight excluding hydrogens is 390 g/mol. The molecule has 2 saturated heterocycles. The van der Waals surface area contributed by atoms with Crippen molar-refractivity contribution in [2.24, 2.45) is 5.92 Å². The molecule has 0 bridgehead atoms. The van der Waals surface area contributed by atoms with Crippen LogP contribution in [0.3, 0.4) is 0 Å². The first-order chi connectivity index (χ1) is 15.3. The molecule has 0 radical (unpaired) electrons. The standard InChI is InChI=1S/C23H33N7O/c31-23(24-19-7-3-1-4-8-19)29-14-6-2-5-9-21(29)18-12-15-28(16-13-18)17-22-25-26-27-30(22)20-10-11-20/h1,3-4,7-8,18,20-21H,2,5-6,9-17H2,(H,24,31)/t21-/m1/s1. The summed E-state index contributed by atoms with van der Waals surface area (Å²) in [5.41, 5.74) is 0.874. The Morgan fingerprint density at radius 3 is 2.55 bits per heavy atom. The van der Waals surface area contributed by atoms with Gasteiger partial charge in [0, 0.05) is 18.3 Å². The van der Waals surface area contributed by atoms with E-state index in [-0.39, 0.29) is 6.03 Å². The van der Waals surface area contributed by atoms with Crippen LogP contribution < -0.4 is 5.32 Å². The number of para-hydroxylation sites is 1. The predicted octanol–water partition coefficient (Wildman–Crippen LogP) is 3.70. The number of hydrogen-bond donors (Lipinski definition) is 1. The summed E-state index contributed by atoms with van der Waals surface area (Å²) in [6.07, 6.45) is 9.31. The second-order valence-electron chi connectivity index (χ2n) is 9.29. The summed E-state index contributed by atoms with van der Waals surface area (Å²) < 4.78 is 2.02. The van der Waals surface area contributed by atoms with Crippen LogP contribution >= 0.6 is 0 Å². The third kappa shape index (κ3) is 4.89. The number of tetrazole rings is 1. The highest BCUT2D eigenvalue weighted by Crippen LogP contribution is 2.35. The Morgan fingerprint density at radius 1 is 0.968 bits per heavy atom. The highest BCUT2D eigenvalue weighted by Gasteiger charge is 2.35. The lowest BCUT2D eigenvalue weighted by atomic mass is 9.86. The van der Waals surface area contributed by atoms with Crippen molar-refractivity contribution in [1.82, 2.24) is 30.0 Å². The van der Waals surface area contributed by atoms with Crippen molar-refractivity contribution in [2.45, 2.75) is 70.0 Å². The number of carbonyl (C=O) groups excluding carboxylic acids is 1. The molecule has 1 N–H and O–H groups in total. The molecule has 2 amide bonds. The molecule has 8 nitrogen and oxygen atoms in total. The zero-order valence-electron chi connectivity index (χ0n) is 18.2. The molecule has 1 aromatic heterocycles. The van der Waals surface area contributed by atoms with Crippen LogP contribution in [0.5, 0.6) is 0 Å². The number of likely N-dealkylation sites (tertiary alicyclic amines) is 2. The average Bonchev–Trinajstić information content (AvgIpc) is 3.58. The van der Waals surface area contributed by atoms with Crippen molar-refractivity contribution < 1.29 is 4.79 Å². The number of piperidine rings is 1. The van der Waals surface area contributed by atoms with Gasteiger partial charge in [0.05, 0.1) is 12.6 Å². The van der Waals surface area contributed by atoms with Crippen molar-refractivity contribution in [3.63, 3.8) is 0 Å². The highest BCUT2D eigenvalue weighted by molar-refractivity contribution is 5.89. The third-order valence-corrected chi connectivity index (χ3v) is 7.08. The Labute approximate surface area is 184 Å². The molecule has 2 aromatic rings. The van der Waals surface area contributed by atoms with E-state index in [0.717, 1.165) is 63.4 Å². The van der Waals surface area contributed by atoms with Crippen LogP contribution in [0.15, 0.2) is 30.3 Å². The second kappa shape index (κ2) is 9.34. The maximum Gasteiger partial charge on any atom is 0.322 e. The van der Waals surface area contributed by atoms with Crippen LogP contribution in [0, 0.1) is 5.92 Å². The molecule has 0 unspecified atom stereocenters. The van der Waals surface area contributed by atoms with Gasteiger partial charge in [-0.25, -0.2) is 9.48 Å². The number of amides is 2. The number of anilines is 1. The summed E-state index contributed by atoms with van der Waals surface area (Å²) in [5.74, 6) is 1.56. The number of nitrogens with zero attached hydrogens (tertiary/aromatic N) is 6. The third-order valence-electron chi connectivity index (χ3n) is 7.08. The normalized spacial score (nSPS) is 23.5. The molecule has 3 aliphatic rings. The summed E-state index contributed by atoms with van der Waals surface area (Å²) in [6.45, 7) is 3.79. The first-order valence-electron chi connectivity index (χ1n) is 11.9. The van der Waals surface area contributed by atoms with Crippen molar-refractivity contribution in [1.29, 1.82) is 0 Å². The lowest BCUT2D eigenvalue weighted by molar-refractivity contribution is 0.101. The molecule has 8 heteroatoms. The van der Waals surface area contributed by atoms with E-state index in [0.29, 0.717) is 18.0 Å². The minimum Gasteiger partial charge on any atom is -0.321 e. The maximum absolute atomic E-state index is 13.1. The van der Waals surface area contributed by atoms with Gasteiger partial charge in [-0.3, -0.25) is 4.90 Å². The van der Waals surface area contributed by atoms with Crippen LogP contribution in [0.2, 0.25) is 0 Å². The van der Waals surface area contributed by atoms with Gasteiger partial charge in [-0.05, 0) is 80.1 Å². The first-order valence-corrected chi connectivity index (χ1v) is 11.9. The Kier molecular flexibility index (Phi) is 6.15. The van der Waals surface area contributed by atoms with Gasteiger partial charge >= 0.3 is 6.03 Å². The zero-order valence-corrected chi connectivity index (χ0v) is 18.2. The number of rotatable bonds is 5. The fourth-order valence-corrected chi connectivity index (χ4v) is 5.21. The summed E-state index contributed by atoms with van der Waals surface area (Å²) in [7, 11) is 0. The minimum absolute atomic E-state index is 0.0594. The topological polar surface area (TPSA) is 79.2 Å². The van der Waals surface area contributed by atoms with E-state index < -0.39 is 0 Å². The lowest BCUT2D eigenvalue weighted by Gasteiger charge is -2.40. The molecule has 1 aromatic carbocycles. The zero-order chi connectivity index (χ0) is 21.0. The van der Waals surface area contributed by atoms with Gasteiger partial charge in [-0.15, -0.1) is 5.10 Å². The Balaban J connectivity index is 1.20. The average molecular weight is 424 g/mol. The van der Waals surface area contributed by atoms with E-state index in [1.807, 2.05) is 35.0 Å². The minimum atomic E-state index is 0.0594. The summed E-state index contributed by atoms with van der Waals surface area (Å²) in [4.78, 5) is 17.7. The van der Waals surface area contributed by atoms with Crippen LogP contribution in [-0.2, 0) is 6.54 Å². The molecule has 0 spiro atoms. The lowest BCUT2D eigenvalue weighted by Crippen LogP contribution is -2.49. The SMILES string of the molecule is O=C(Nc1ccccc1)N1CCCCC[C@@H]1C1CCN(Cc2nnnn2C2CC2)CC1. The fraction of sp³-hybridized carbons (Fsp3) is 0.652. The van der Waals surface area contributed by atoms with Gasteiger partial charge < -0.3 is 10.2 Å². The Bertz CT molecular complexity index is 858. The monoisotopic (exact) mass is 423 g/mol. The Morgan fingerprint density at radius 2 is 1.77 bits per heavy atom. The maximum atomic E-state index is 13.1. The number of aromatic nitrogens is 4. The van der Waals surface area contributed by atoms with Crippen molar-refractivity contribution >= 4 is 11.7 Å². The van der Waals surface area contributed by atoms with Crippen molar-refractivity contribution in [3.05, 3.63) is 36.2 Å². The number of benzene rings is 1. The van der Waals surface area contributed by atoms with E-state index in [1.54, 1.807) is 0 Å². The number of hydrogen-bond acceptors (Lipinski definition) is 5. The molecular formula is C23H33N7O. The molecule has 1 saturated carbocycles. The van der Waals surface area contributed by atoms with Crippen molar-refractivity contribution in [3.8, 4) is 0 Å². The predicted molar refractivity (Wildman–Crippen MR) is 119 cm³/mol. The van der Waals surface area contributed by atoms with E-state index in [4.69, 9.17) is 0 Å². The molecule has 31 heavy (non-hydrogen) atoms. The van der Waals surface area contributed by atoms with Crippen LogP contribution in [0.1, 0.15) is 63.2 Å². The van der Waals surface area contributed by atoms with E-state index in [1.165, 1.54) is 25.7 Å². The van der Waals surface area contributed by atoms with E-state index >= 15 is 0 Å². The van der Waals surface area contributed by atoms with Gasteiger partial charge in [0.2, 0.25) is 0 Å². The van der Waals surface area contributed by atoms with E-state index in [9.17, 15) is 4.79 Å². The Hall–Kier alpha value is -2.48. The molecule has 5 rings (SSSR count).